The van der Waals surface area contributed by atoms with E-state index in [9.17, 15) is 0 Å². The van der Waals surface area contributed by atoms with E-state index in [4.69, 9.17) is 23.2 Å². The lowest BCUT2D eigenvalue weighted by atomic mass is 10.1. The van der Waals surface area contributed by atoms with Gasteiger partial charge in [-0.15, -0.1) is 0 Å². The molecule has 104 valence electrons. The van der Waals surface area contributed by atoms with Crippen LogP contribution in [0.4, 0.5) is 0 Å². The number of hydrogen-bond acceptors (Lipinski definition) is 2. The first-order valence-corrected chi connectivity index (χ1v) is 7.88. The minimum Gasteiger partial charge on any atom is -0.299 e. The van der Waals surface area contributed by atoms with Gasteiger partial charge in [0.15, 0.2) is 0 Å². The van der Waals surface area contributed by atoms with E-state index in [0.29, 0.717) is 5.02 Å². The summed E-state index contributed by atoms with van der Waals surface area (Å²) in [7, 11) is 0. The van der Waals surface area contributed by atoms with Crippen LogP contribution in [0.2, 0.25) is 10.0 Å². The summed E-state index contributed by atoms with van der Waals surface area (Å²) >= 11 is 12.2. The quantitative estimate of drug-likeness (QED) is 0.822. The van der Waals surface area contributed by atoms with Crippen LogP contribution in [0.25, 0.3) is 0 Å². The number of rotatable bonds is 2. The van der Waals surface area contributed by atoms with Crippen molar-refractivity contribution in [3.8, 4) is 0 Å². The van der Waals surface area contributed by atoms with Crippen molar-refractivity contribution in [3.05, 3.63) is 33.8 Å². The van der Waals surface area contributed by atoms with Crippen LogP contribution in [0.15, 0.2) is 18.2 Å². The van der Waals surface area contributed by atoms with E-state index in [1.54, 1.807) is 0 Å². The summed E-state index contributed by atoms with van der Waals surface area (Å²) in [5.74, 6) is 0. The third-order valence-electron chi connectivity index (χ3n) is 4.30. The van der Waals surface area contributed by atoms with Gasteiger partial charge < -0.3 is 0 Å². The second-order valence-electron chi connectivity index (χ2n) is 5.66. The molecule has 2 heterocycles. The maximum Gasteiger partial charge on any atom is 0.0465 e. The largest absolute Gasteiger partial charge is 0.299 e. The Morgan fingerprint density at radius 1 is 1.11 bits per heavy atom. The Balaban J connectivity index is 1.68. The van der Waals surface area contributed by atoms with E-state index >= 15 is 0 Å². The van der Waals surface area contributed by atoms with Crippen molar-refractivity contribution in [2.75, 3.05) is 26.2 Å². The van der Waals surface area contributed by atoms with Gasteiger partial charge in [-0.1, -0.05) is 29.3 Å². The molecule has 0 amide bonds. The van der Waals surface area contributed by atoms with Crippen LogP contribution >= 0.6 is 23.2 Å². The topological polar surface area (TPSA) is 6.48 Å². The van der Waals surface area contributed by atoms with Crippen LogP contribution in [0.3, 0.4) is 0 Å². The van der Waals surface area contributed by atoms with E-state index < -0.39 is 0 Å². The van der Waals surface area contributed by atoms with Gasteiger partial charge >= 0.3 is 0 Å². The van der Waals surface area contributed by atoms with Crippen molar-refractivity contribution in [1.82, 2.24) is 9.80 Å². The molecule has 0 spiro atoms. The molecule has 0 N–H and O–H groups in total. The van der Waals surface area contributed by atoms with Gasteiger partial charge in [-0.2, -0.15) is 0 Å². The highest BCUT2D eigenvalue weighted by Crippen LogP contribution is 2.25. The first-order valence-electron chi connectivity index (χ1n) is 7.13. The monoisotopic (exact) mass is 298 g/mol. The van der Waals surface area contributed by atoms with Gasteiger partial charge in [0.05, 0.1) is 0 Å². The van der Waals surface area contributed by atoms with Crippen LogP contribution in [-0.4, -0.2) is 42.0 Å². The van der Waals surface area contributed by atoms with Crippen molar-refractivity contribution < 1.29 is 0 Å². The molecular weight excluding hydrogens is 279 g/mol. The minimum atomic E-state index is 0.714. The normalized spacial score (nSPS) is 25.3. The number of nitrogens with zero attached hydrogens (tertiary/aromatic N) is 2. The molecule has 3 rings (SSSR count). The van der Waals surface area contributed by atoms with Crippen LogP contribution in [-0.2, 0) is 6.54 Å². The first-order chi connectivity index (χ1) is 9.22. The lowest BCUT2D eigenvalue weighted by Gasteiger charge is -2.25. The Morgan fingerprint density at radius 2 is 1.95 bits per heavy atom. The maximum absolute atomic E-state index is 6.28. The molecule has 2 aliphatic rings. The van der Waals surface area contributed by atoms with Gasteiger partial charge in [0, 0.05) is 29.2 Å². The first kappa shape index (κ1) is 13.7. The summed E-state index contributed by atoms with van der Waals surface area (Å²) < 4.78 is 0. The second kappa shape index (κ2) is 6.01. The predicted molar refractivity (Wildman–Crippen MR) is 81.0 cm³/mol. The lowest BCUT2D eigenvalue weighted by Crippen LogP contribution is -2.36. The number of hydrogen-bond donors (Lipinski definition) is 0. The Hall–Kier alpha value is -0.280. The molecule has 2 saturated heterocycles. The second-order valence-corrected chi connectivity index (χ2v) is 6.50. The Morgan fingerprint density at radius 3 is 2.79 bits per heavy atom. The Bertz CT molecular complexity index is 450. The fourth-order valence-corrected chi connectivity index (χ4v) is 3.79. The fourth-order valence-electron chi connectivity index (χ4n) is 3.32. The van der Waals surface area contributed by atoms with Gasteiger partial charge in [0.25, 0.3) is 0 Å². The van der Waals surface area contributed by atoms with Crippen LogP contribution in [0, 0.1) is 0 Å². The smallest absolute Gasteiger partial charge is 0.0465 e. The average Bonchev–Trinajstić information content (AvgIpc) is 2.72. The van der Waals surface area contributed by atoms with E-state index in [0.717, 1.165) is 17.6 Å². The van der Waals surface area contributed by atoms with E-state index in [2.05, 4.69) is 15.9 Å². The number of benzene rings is 1. The van der Waals surface area contributed by atoms with Crippen molar-refractivity contribution >= 4 is 23.2 Å². The average molecular weight is 299 g/mol. The zero-order valence-corrected chi connectivity index (χ0v) is 12.6. The van der Waals surface area contributed by atoms with Crippen molar-refractivity contribution in [2.45, 2.75) is 31.8 Å². The van der Waals surface area contributed by atoms with Crippen molar-refractivity contribution in [3.63, 3.8) is 0 Å². The third kappa shape index (κ3) is 3.25. The number of fused-ring (bicyclic) bond motifs is 1. The maximum atomic E-state index is 6.28. The van der Waals surface area contributed by atoms with E-state index in [1.165, 1.54) is 51.0 Å². The lowest BCUT2D eigenvalue weighted by molar-refractivity contribution is 0.215. The molecule has 1 atom stereocenters. The predicted octanol–water partition coefficient (Wildman–Crippen LogP) is 3.66. The zero-order chi connectivity index (χ0) is 13.2. The van der Waals surface area contributed by atoms with E-state index in [1.807, 2.05) is 12.1 Å². The van der Waals surface area contributed by atoms with Crippen LogP contribution in [0.5, 0.6) is 0 Å². The molecule has 1 aromatic rings. The summed E-state index contributed by atoms with van der Waals surface area (Å²) in [4.78, 5) is 5.20. The van der Waals surface area contributed by atoms with Gasteiger partial charge in [-0.3, -0.25) is 9.80 Å². The fraction of sp³-hybridized carbons (Fsp3) is 0.600. The van der Waals surface area contributed by atoms with E-state index in [-0.39, 0.29) is 0 Å². The molecule has 0 aromatic heterocycles. The SMILES string of the molecule is Clc1ccc(CN2CCCN3CCC[C@H]3C2)c(Cl)c1. The molecule has 19 heavy (non-hydrogen) atoms. The van der Waals surface area contributed by atoms with Crippen molar-refractivity contribution in [1.29, 1.82) is 0 Å². The summed E-state index contributed by atoms with van der Waals surface area (Å²) in [5.41, 5.74) is 1.19. The number of halogens is 2. The Kier molecular flexibility index (Phi) is 4.33. The molecule has 0 saturated carbocycles. The summed E-state index contributed by atoms with van der Waals surface area (Å²) in [6.07, 6.45) is 3.98. The minimum absolute atomic E-state index is 0.714. The third-order valence-corrected chi connectivity index (χ3v) is 4.88. The van der Waals surface area contributed by atoms with Gasteiger partial charge in [0.1, 0.15) is 0 Å². The zero-order valence-electron chi connectivity index (χ0n) is 11.1. The summed E-state index contributed by atoms with van der Waals surface area (Å²) in [6.45, 7) is 5.85. The highest BCUT2D eigenvalue weighted by Gasteiger charge is 2.28. The molecule has 1 aromatic carbocycles. The molecule has 0 unspecified atom stereocenters. The molecule has 2 nitrogen and oxygen atoms in total. The molecular formula is C15H20Cl2N2. The highest BCUT2D eigenvalue weighted by molar-refractivity contribution is 6.35. The molecule has 0 aliphatic carbocycles. The molecule has 2 fully saturated rings. The van der Waals surface area contributed by atoms with Gasteiger partial charge in [0.2, 0.25) is 0 Å². The van der Waals surface area contributed by atoms with Gasteiger partial charge in [-0.25, -0.2) is 0 Å². The molecule has 2 aliphatic heterocycles. The summed E-state index contributed by atoms with van der Waals surface area (Å²) in [6, 6.07) is 6.59. The molecule has 4 heteroatoms. The van der Waals surface area contributed by atoms with Crippen molar-refractivity contribution in [2.24, 2.45) is 0 Å². The van der Waals surface area contributed by atoms with Crippen LogP contribution in [0.1, 0.15) is 24.8 Å². The Labute approximate surface area is 125 Å². The summed E-state index contributed by atoms with van der Waals surface area (Å²) in [5, 5.41) is 1.51. The molecule has 0 bridgehead atoms. The van der Waals surface area contributed by atoms with Crippen LogP contribution < -0.4 is 0 Å². The molecule has 0 radical (unpaired) electrons. The standard InChI is InChI=1S/C15H20Cl2N2/c16-13-5-4-12(15(17)9-13)10-18-6-2-8-19-7-1-3-14(19)11-18/h4-5,9,14H,1-3,6-8,10-11H2/t14-/m0/s1. The highest BCUT2D eigenvalue weighted by atomic mass is 35.5. The van der Waals surface area contributed by atoms with Gasteiger partial charge in [-0.05, 0) is 56.6 Å².